The van der Waals surface area contributed by atoms with Crippen LogP contribution in [-0.4, -0.2) is 51.4 Å². The van der Waals surface area contributed by atoms with Gasteiger partial charge in [-0.15, -0.1) is 0 Å². The van der Waals surface area contributed by atoms with Gasteiger partial charge in [-0.2, -0.15) is 0 Å². The van der Waals surface area contributed by atoms with Crippen LogP contribution >= 0.6 is 0 Å². The minimum absolute atomic E-state index is 0.208. The van der Waals surface area contributed by atoms with E-state index in [0.717, 1.165) is 22.3 Å². The summed E-state index contributed by atoms with van der Waals surface area (Å²) >= 11 is 0. The summed E-state index contributed by atoms with van der Waals surface area (Å²) < 4.78 is 11.7. The normalized spacial score (nSPS) is 29.2. The van der Waals surface area contributed by atoms with Crippen LogP contribution in [0.1, 0.15) is 22.3 Å². The number of benzene rings is 3. The topological polar surface area (TPSA) is 99.4 Å². The Morgan fingerprint density at radius 1 is 0.812 bits per heavy atom. The van der Waals surface area contributed by atoms with E-state index in [1.807, 2.05) is 36.4 Å². The zero-order valence-electron chi connectivity index (χ0n) is 17.5. The lowest BCUT2D eigenvalue weighted by Gasteiger charge is -2.46. The fourth-order valence-corrected chi connectivity index (χ4v) is 4.61. The maximum atomic E-state index is 10.7. The summed E-state index contributed by atoms with van der Waals surface area (Å²) in [5.41, 5.74) is 5.90. The molecule has 0 bridgehead atoms. The third-order valence-electron chi connectivity index (χ3n) is 6.41. The average molecular weight is 434 g/mol. The number of ether oxygens (including phenoxy) is 2. The molecular weight excluding hydrogens is 408 g/mol. The van der Waals surface area contributed by atoms with E-state index in [9.17, 15) is 20.4 Å². The van der Waals surface area contributed by atoms with E-state index in [0.29, 0.717) is 12.0 Å². The van der Waals surface area contributed by atoms with Gasteiger partial charge in [-0.25, -0.2) is 0 Å². The highest BCUT2D eigenvalue weighted by Crippen LogP contribution is 2.46. The monoisotopic (exact) mass is 434 g/mol. The highest BCUT2D eigenvalue weighted by molar-refractivity contribution is 5.63. The lowest BCUT2D eigenvalue weighted by atomic mass is 9.86. The predicted octanol–water partition coefficient (Wildman–Crippen LogP) is 2.10. The van der Waals surface area contributed by atoms with Gasteiger partial charge < -0.3 is 29.9 Å². The van der Waals surface area contributed by atoms with Crippen LogP contribution in [0.4, 0.5) is 0 Å². The van der Waals surface area contributed by atoms with E-state index in [1.165, 1.54) is 5.56 Å². The van der Waals surface area contributed by atoms with Crippen molar-refractivity contribution >= 4 is 0 Å². The first-order valence-corrected chi connectivity index (χ1v) is 10.8. The molecule has 2 aliphatic rings. The largest absolute Gasteiger partial charge is 0.394 e. The predicted molar refractivity (Wildman–Crippen MR) is 118 cm³/mol. The molecule has 2 heterocycles. The van der Waals surface area contributed by atoms with E-state index >= 15 is 0 Å². The van der Waals surface area contributed by atoms with Crippen molar-refractivity contribution in [2.75, 3.05) is 6.61 Å². The van der Waals surface area contributed by atoms with Crippen LogP contribution < -0.4 is 0 Å². The first kappa shape index (κ1) is 21.3. The van der Waals surface area contributed by atoms with Crippen molar-refractivity contribution in [3.63, 3.8) is 0 Å². The third-order valence-corrected chi connectivity index (χ3v) is 6.41. The highest BCUT2D eigenvalue weighted by atomic mass is 16.7. The summed E-state index contributed by atoms with van der Waals surface area (Å²) in [5, 5.41) is 40.8. The number of rotatable bonds is 4. The van der Waals surface area contributed by atoms with Crippen LogP contribution in [0, 0.1) is 0 Å². The molecule has 1 fully saturated rings. The van der Waals surface area contributed by atoms with Crippen LogP contribution in [0.5, 0.6) is 0 Å². The summed E-state index contributed by atoms with van der Waals surface area (Å²) in [5.74, 6) is -1.62. The lowest BCUT2D eigenvalue weighted by molar-refractivity contribution is -0.368. The second-order valence-electron chi connectivity index (χ2n) is 8.45. The highest BCUT2D eigenvalue weighted by Gasteiger charge is 2.58. The number of hydrogen-bond donors (Lipinski definition) is 4. The van der Waals surface area contributed by atoms with Crippen LogP contribution in [0.3, 0.4) is 0 Å². The molecule has 1 saturated heterocycles. The molecule has 1 spiro atoms. The van der Waals surface area contributed by atoms with E-state index < -0.39 is 36.8 Å². The molecule has 0 saturated carbocycles. The number of aliphatic hydroxyl groups is 4. The smallest absolute Gasteiger partial charge is 0.225 e. The summed E-state index contributed by atoms with van der Waals surface area (Å²) in [4.78, 5) is 0. The Bertz CT molecular complexity index is 1080. The molecule has 2 aliphatic heterocycles. The molecule has 3 aromatic rings. The molecule has 6 heteroatoms. The van der Waals surface area contributed by atoms with E-state index in [2.05, 4.69) is 36.4 Å². The van der Waals surface area contributed by atoms with Crippen molar-refractivity contribution in [3.05, 3.63) is 95.1 Å². The van der Waals surface area contributed by atoms with E-state index in [-0.39, 0.29) is 6.61 Å². The minimum atomic E-state index is -1.62. The molecule has 0 radical (unpaired) electrons. The molecule has 5 atom stereocenters. The van der Waals surface area contributed by atoms with Gasteiger partial charge in [0.25, 0.3) is 0 Å². The third kappa shape index (κ3) is 3.55. The Kier molecular flexibility index (Phi) is 5.59. The molecule has 3 aromatic carbocycles. The Morgan fingerprint density at radius 2 is 1.50 bits per heavy atom. The van der Waals surface area contributed by atoms with E-state index in [4.69, 9.17) is 9.47 Å². The van der Waals surface area contributed by atoms with Crippen molar-refractivity contribution in [2.45, 2.75) is 43.2 Å². The quantitative estimate of drug-likeness (QED) is 0.502. The molecule has 0 aromatic heterocycles. The van der Waals surface area contributed by atoms with Crippen molar-refractivity contribution in [3.8, 4) is 11.1 Å². The molecule has 0 amide bonds. The Morgan fingerprint density at radius 3 is 2.22 bits per heavy atom. The van der Waals surface area contributed by atoms with Gasteiger partial charge in [0.2, 0.25) is 5.79 Å². The van der Waals surface area contributed by atoms with Gasteiger partial charge in [-0.3, -0.25) is 0 Å². The summed E-state index contributed by atoms with van der Waals surface area (Å²) in [6, 6.07) is 24.4. The molecule has 166 valence electrons. The zero-order chi connectivity index (χ0) is 22.3. The summed E-state index contributed by atoms with van der Waals surface area (Å²) in [6.45, 7) is -0.293. The molecule has 0 aliphatic carbocycles. The van der Waals surface area contributed by atoms with Crippen molar-refractivity contribution < 1.29 is 29.9 Å². The first-order chi connectivity index (χ1) is 15.5. The lowest BCUT2D eigenvalue weighted by Crippen LogP contribution is -2.63. The van der Waals surface area contributed by atoms with Crippen molar-refractivity contribution in [1.82, 2.24) is 0 Å². The van der Waals surface area contributed by atoms with Crippen LogP contribution in [0.15, 0.2) is 72.8 Å². The second kappa shape index (κ2) is 8.41. The number of fused-ring (bicyclic) bond motifs is 2. The van der Waals surface area contributed by atoms with Gasteiger partial charge in [0, 0.05) is 5.56 Å². The summed E-state index contributed by atoms with van der Waals surface area (Å²) in [7, 11) is 0. The van der Waals surface area contributed by atoms with E-state index in [1.54, 1.807) is 0 Å². The van der Waals surface area contributed by atoms with Gasteiger partial charge in [-0.05, 0) is 40.3 Å². The van der Waals surface area contributed by atoms with Crippen LogP contribution in [0.2, 0.25) is 0 Å². The van der Waals surface area contributed by atoms with Crippen LogP contribution in [0.25, 0.3) is 11.1 Å². The number of hydrogen-bond acceptors (Lipinski definition) is 6. The molecule has 5 rings (SSSR count). The Balaban J connectivity index is 1.42. The van der Waals surface area contributed by atoms with Crippen molar-refractivity contribution in [2.24, 2.45) is 0 Å². The van der Waals surface area contributed by atoms with Gasteiger partial charge in [0.1, 0.15) is 24.4 Å². The Labute approximate surface area is 186 Å². The maximum Gasteiger partial charge on any atom is 0.225 e. The van der Waals surface area contributed by atoms with Gasteiger partial charge in [-0.1, -0.05) is 66.7 Å². The molecule has 4 N–H and O–H groups in total. The zero-order valence-corrected chi connectivity index (χ0v) is 17.5. The second-order valence-corrected chi connectivity index (χ2v) is 8.45. The SMILES string of the molecule is OC[C@H]1O[C@]2(OCc3ccc(Cc4ccc(-c5ccccc5)cc4)cc32)[C@H](O)[C@@H](O)[C@@H]1O. The van der Waals surface area contributed by atoms with Crippen molar-refractivity contribution in [1.29, 1.82) is 0 Å². The van der Waals surface area contributed by atoms with Gasteiger partial charge in [0.05, 0.1) is 13.2 Å². The number of aliphatic hydroxyl groups excluding tert-OH is 4. The van der Waals surface area contributed by atoms with Gasteiger partial charge >= 0.3 is 0 Å². The Hall–Kier alpha value is -2.58. The summed E-state index contributed by atoms with van der Waals surface area (Å²) in [6.07, 6.45) is -4.78. The fourth-order valence-electron chi connectivity index (χ4n) is 4.61. The fraction of sp³-hybridized carbons (Fsp3) is 0.308. The minimum Gasteiger partial charge on any atom is -0.394 e. The average Bonchev–Trinajstić information content (AvgIpc) is 3.20. The van der Waals surface area contributed by atoms with Gasteiger partial charge in [0.15, 0.2) is 0 Å². The van der Waals surface area contributed by atoms with Crippen LogP contribution in [-0.2, 0) is 28.3 Å². The molecule has 6 nitrogen and oxygen atoms in total. The molecule has 0 unspecified atom stereocenters. The molecular formula is C26H26O6. The standard InChI is InChI=1S/C26H26O6/c27-14-22-23(28)24(29)25(30)26(32-22)21-13-17(8-11-20(21)15-31-26)12-16-6-9-19(10-7-16)18-4-2-1-3-5-18/h1-11,13,22-25,27-30H,12,14-15H2/t22-,23-,24+,25-,26+/m1/s1. The maximum absolute atomic E-state index is 10.7. The first-order valence-electron chi connectivity index (χ1n) is 10.8. The molecule has 32 heavy (non-hydrogen) atoms.